The molecule has 0 fully saturated rings. The van der Waals surface area contributed by atoms with Crippen LogP contribution >= 0.6 is 11.3 Å². The molecule has 0 spiro atoms. The molecular weight excluding hydrogens is 288 g/mol. The summed E-state index contributed by atoms with van der Waals surface area (Å²) in [6, 6.07) is 8.53. The Kier molecular flexibility index (Phi) is 3.39. The third-order valence-corrected chi connectivity index (χ3v) is 4.51. The van der Waals surface area contributed by atoms with Gasteiger partial charge >= 0.3 is 11.7 Å². The van der Waals surface area contributed by atoms with E-state index < -0.39 is 5.97 Å². The Labute approximate surface area is 124 Å². The topological polar surface area (TPSA) is 75.1 Å². The second kappa shape index (κ2) is 5.21. The summed E-state index contributed by atoms with van der Waals surface area (Å²) in [6.07, 6.45) is 0.755. The Morgan fingerprint density at radius 1 is 1.43 bits per heavy atom. The van der Waals surface area contributed by atoms with Crippen LogP contribution in [0.15, 0.2) is 40.5 Å². The number of rotatable bonds is 4. The Morgan fingerprint density at radius 2 is 2.24 bits per heavy atom. The number of imidazole rings is 1. The van der Waals surface area contributed by atoms with E-state index in [4.69, 9.17) is 5.11 Å². The Morgan fingerprint density at radius 3 is 2.86 bits per heavy atom. The van der Waals surface area contributed by atoms with E-state index in [9.17, 15) is 9.59 Å². The van der Waals surface area contributed by atoms with Gasteiger partial charge in [-0.15, -0.1) is 11.3 Å². The van der Waals surface area contributed by atoms with Gasteiger partial charge in [0.1, 0.15) is 0 Å². The van der Waals surface area contributed by atoms with Gasteiger partial charge in [-0.3, -0.25) is 4.57 Å². The second-order valence-corrected chi connectivity index (χ2v) is 5.76. The number of thiophene rings is 1. The number of aromatic amines is 1. The quantitative estimate of drug-likeness (QED) is 0.777. The molecule has 6 heteroatoms. The number of benzene rings is 1. The first kappa shape index (κ1) is 13.6. The molecule has 0 amide bonds. The van der Waals surface area contributed by atoms with Crippen LogP contribution in [0.4, 0.5) is 0 Å². The fourth-order valence-corrected chi connectivity index (χ4v) is 3.46. The first-order valence-electron chi connectivity index (χ1n) is 6.62. The van der Waals surface area contributed by atoms with E-state index in [1.165, 1.54) is 6.07 Å². The molecule has 0 bridgehead atoms. The summed E-state index contributed by atoms with van der Waals surface area (Å²) in [6.45, 7) is 2.01. The number of H-pyrrole nitrogens is 1. The molecule has 0 aliphatic heterocycles. The predicted octanol–water partition coefficient (Wildman–Crippen LogP) is 3.09. The highest BCUT2D eigenvalue weighted by Crippen LogP contribution is 2.28. The maximum Gasteiger partial charge on any atom is 0.335 e. The minimum absolute atomic E-state index is 0.0877. The molecule has 3 aromatic rings. The van der Waals surface area contributed by atoms with Gasteiger partial charge in [0.05, 0.1) is 22.6 Å². The third kappa shape index (κ3) is 2.27. The number of carboxylic acid groups (broad SMARTS) is 1. The van der Waals surface area contributed by atoms with Crippen LogP contribution in [0, 0.1) is 0 Å². The fourth-order valence-electron chi connectivity index (χ4n) is 2.56. The lowest BCUT2D eigenvalue weighted by molar-refractivity contribution is 0.0697. The maximum atomic E-state index is 12.3. The Bertz CT molecular complexity index is 846. The van der Waals surface area contributed by atoms with Crippen molar-refractivity contribution in [2.24, 2.45) is 0 Å². The number of hydrogen-bond acceptors (Lipinski definition) is 3. The van der Waals surface area contributed by atoms with E-state index in [0.29, 0.717) is 11.0 Å². The second-order valence-electron chi connectivity index (χ2n) is 4.78. The first-order chi connectivity index (χ1) is 10.1. The third-order valence-electron chi connectivity index (χ3n) is 3.53. The largest absolute Gasteiger partial charge is 0.478 e. The number of hydrogen-bond donors (Lipinski definition) is 2. The van der Waals surface area contributed by atoms with Crippen LogP contribution in [0.25, 0.3) is 11.0 Å². The lowest BCUT2D eigenvalue weighted by Gasteiger charge is -2.15. The molecule has 21 heavy (non-hydrogen) atoms. The molecule has 2 heterocycles. The van der Waals surface area contributed by atoms with Crippen molar-refractivity contribution in [3.8, 4) is 0 Å². The monoisotopic (exact) mass is 302 g/mol. The number of aromatic carboxylic acids is 1. The number of aromatic nitrogens is 2. The van der Waals surface area contributed by atoms with Crippen molar-refractivity contribution < 1.29 is 9.90 Å². The highest BCUT2D eigenvalue weighted by Gasteiger charge is 2.19. The molecule has 5 nitrogen and oxygen atoms in total. The normalized spacial score (nSPS) is 12.6. The smallest absolute Gasteiger partial charge is 0.335 e. The van der Waals surface area contributed by atoms with E-state index in [2.05, 4.69) is 4.98 Å². The van der Waals surface area contributed by atoms with Crippen LogP contribution in [-0.2, 0) is 0 Å². The zero-order valence-electron chi connectivity index (χ0n) is 11.4. The molecule has 0 aliphatic rings. The van der Waals surface area contributed by atoms with Gasteiger partial charge in [0, 0.05) is 4.88 Å². The van der Waals surface area contributed by atoms with Gasteiger partial charge in [-0.05, 0) is 36.1 Å². The summed E-state index contributed by atoms with van der Waals surface area (Å²) in [5.41, 5.74) is 1.24. The van der Waals surface area contributed by atoms with Crippen LogP contribution in [0.2, 0.25) is 0 Å². The number of fused-ring (bicyclic) bond motifs is 1. The summed E-state index contributed by atoms with van der Waals surface area (Å²) in [5, 5.41) is 11.1. The lowest BCUT2D eigenvalue weighted by atomic mass is 10.1. The van der Waals surface area contributed by atoms with Crippen LogP contribution in [-0.4, -0.2) is 20.6 Å². The minimum Gasteiger partial charge on any atom is -0.478 e. The zero-order valence-corrected chi connectivity index (χ0v) is 12.2. The van der Waals surface area contributed by atoms with Gasteiger partial charge < -0.3 is 10.1 Å². The van der Waals surface area contributed by atoms with Gasteiger partial charge in [0.25, 0.3) is 0 Å². The summed E-state index contributed by atoms with van der Waals surface area (Å²) < 4.78 is 1.65. The van der Waals surface area contributed by atoms with Crippen molar-refractivity contribution in [2.75, 3.05) is 0 Å². The summed E-state index contributed by atoms with van der Waals surface area (Å²) >= 11 is 1.59. The van der Waals surface area contributed by atoms with E-state index in [1.807, 2.05) is 24.4 Å². The van der Waals surface area contributed by atoms with Gasteiger partial charge in [0.15, 0.2) is 0 Å². The molecular formula is C15H14N2O3S. The van der Waals surface area contributed by atoms with Gasteiger partial charge in [-0.25, -0.2) is 9.59 Å². The molecule has 1 unspecified atom stereocenters. The standard InChI is InChI=1S/C15H14N2O3S/c1-2-11(13-4-3-7-21-13)17-12-8-9(14(18)19)5-6-10(12)16-15(17)20/h3-8,11H,2H2,1H3,(H,16,20)(H,18,19). The van der Waals surface area contributed by atoms with Gasteiger partial charge in [0.2, 0.25) is 0 Å². The molecule has 2 N–H and O–H groups in total. The van der Waals surface area contributed by atoms with Crippen molar-refractivity contribution in [3.63, 3.8) is 0 Å². The highest BCUT2D eigenvalue weighted by molar-refractivity contribution is 7.10. The SMILES string of the molecule is CCC(c1cccs1)n1c(=O)[nH]c2ccc(C(=O)O)cc21. The van der Waals surface area contributed by atoms with Crippen LogP contribution < -0.4 is 5.69 Å². The molecule has 1 aromatic carbocycles. The lowest BCUT2D eigenvalue weighted by Crippen LogP contribution is -2.22. The van der Waals surface area contributed by atoms with E-state index in [-0.39, 0.29) is 17.3 Å². The Hall–Kier alpha value is -2.34. The number of nitrogens with one attached hydrogen (secondary N) is 1. The predicted molar refractivity (Wildman–Crippen MR) is 82.3 cm³/mol. The Balaban J connectivity index is 2.25. The van der Waals surface area contributed by atoms with E-state index in [1.54, 1.807) is 28.0 Å². The molecule has 2 aromatic heterocycles. The van der Waals surface area contributed by atoms with Crippen molar-refractivity contribution >= 4 is 28.3 Å². The number of nitrogens with zero attached hydrogens (tertiary/aromatic N) is 1. The van der Waals surface area contributed by atoms with Crippen LogP contribution in [0.3, 0.4) is 0 Å². The van der Waals surface area contributed by atoms with Crippen LogP contribution in [0.1, 0.15) is 34.6 Å². The van der Waals surface area contributed by atoms with Gasteiger partial charge in [-0.2, -0.15) is 0 Å². The fraction of sp³-hybridized carbons (Fsp3) is 0.200. The average molecular weight is 302 g/mol. The van der Waals surface area contributed by atoms with Crippen molar-refractivity contribution in [3.05, 3.63) is 56.6 Å². The van der Waals surface area contributed by atoms with Crippen molar-refractivity contribution in [1.29, 1.82) is 0 Å². The summed E-state index contributed by atoms with van der Waals surface area (Å²) in [7, 11) is 0. The number of carboxylic acids is 1. The van der Waals surface area contributed by atoms with Crippen molar-refractivity contribution in [1.82, 2.24) is 9.55 Å². The summed E-state index contributed by atoms with van der Waals surface area (Å²) in [5.74, 6) is -0.999. The molecule has 0 aliphatic carbocycles. The zero-order chi connectivity index (χ0) is 15.0. The molecule has 0 radical (unpaired) electrons. The van der Waals surface area contributed by atoms with E-state index in [0.717, 1.165) is 11.3 Å². The van der Waals surface area contributed by atoms with E-state index >= 15 is 0 Å². The average Bonchev–Trinajstić information content (AvgIpc) is 3.08. The molecule has 108 valence electrons. The molecule has 0 saturated carbocycles. The molecule has 3 rings (SSSR count). The molecule has 1 atom stereocenters. The van der Waals surface area contributed by atoms with Crippen LogP contribution in [0.5, 0.6) is 0 Å². The first-order valence-corrected chi connectivity index (χ1v) is 7.50. The van der Waals surface area contributed by atoms with Gasteiger partial charge in [-0.1, -0.05) is 13.0 Å². The van der Waals surface area contributed by atoms with Crippen molar-refractivity contribution in [2.45, 2.75) is 19.4 Å². The molecule has 0 saturated heterocycles. The highest BCUT2D eigenvalue weighted by atomic mass is 32.1. The maximum absolute atomic E-state index is 12.3. The number of carbonyl (C=O) groups is 1. The summed E-state index contributed by atoms with van der Waals surface area (Å²) in [4.78, 5) is 27.3. The minimum atomic E-state index is -0.999.